The number of hydrogen-bond donors (Lipinski definition) is 3. The molecule has 0 bridgehead atoms. The fraction of sp³-hybridized carbons (Fsp3) is 0.600. The number of ketones is 1. The van der Waals surface area contributed by atoms with E-state index in [2.05, 4.69) is 17.4 Å². The third kappa shape index (κ3) is 7.94. The molecule has 0 amide bonds. The molecule has 0 saturated heterocycles. The fourth-order valence-corrected chi connectivity index (χ4v) is 4.58. The first-order valence-corrected chi connectivity index (χ1v) is 11.7. The quantitative estimate of drug-likeness (QED) is 0.249. The Labute approximate surface area is 196 Å². The molecule has 1 saturated carbocycles. The molecule has 6 nitrogen and oxygen atoms in total. The normalized spacial score (nSPS) is 22.8. The van der Waals surface area contributed by atoms with Crippen LogP contribution in [0.25, 0.3) is 0 Å². The molecular weight excluding hydrogens is 428 g/mol. The van der Waals surface area contributed by atoms with Gasteiger partial charge in [-0.05, 0) is 49.8 Å². The summed E-state index contributed by atoms with van der Waals surface area (Å²) in [4.78, 5) is 23.6. The van der Waals surface area contributed by atoms with E-state index >= 15 is 0 Å². The van der Waals surface area contributed by atoms with E-state index in [-0.39, 0.29) is 35.3 Å². The lowest BCUT2D eigenvalue weighted by Gasteiger charge is -2.20. The Bertz CT molecular complexity index is 793. The molecule has 0 spiro atoms. The van der Waals surface area contributed by atoms with Gasteiger partial charge in [0.1, 0.15) is 11.5 Å². The lowest BCUT2D eigenvalue weighted by atomic mass is 9.88. The maximum atomic E-state index is 12.4. The van der Waals surface area contributed by atoms with Gasteiger partial charge in [-0.1, -0.05) is 24.3 Å². The second-order valence-electron chi connectivity index (χ2n) is 8.58. The molecule has 2 N–H and O–H groups in total. The van der Waals surface area contributed by atoms with Crippen LogP contribution in [-0.2, 0) is 20.7 Å². The monoisotopic (exact) mass is 464 g/mol. The zero-order chi connectivity index (χ0) is 23.7. The smallest absolute Gasteiger partial charge is 0.305 e. The Kier molecular flexibility index (Phi) is 10.7. The van der Waals surface area contributed by atoms with Crippen molar-refractivity contribution in [1.29, 1.82) is 0 Å². The van der Waals surface area contributed by atoms with Gasteiger partial charge in [0.2, 0.25) is 0 Å². The number of carbonyl (C=O) groups excluding carboxylic acids is 2. The van der Waals surface area contributed by atoms with E-state index in [0.29, 0.717) is 25.7 Å². The number of aliphatic hydroxyl groups excluding tert-OH is 2. The molecule has 0 radical (unpaired) electrons. The topological polar surface area (TPSA) is 93.1 Å². The Balaban J connectivity index is 1.89. The van der Waals surface area contributed by atoms with E-state index in [1.807, 2.05) is 25.1 Å². The summed E-state index contributed by atoms with van der Waals surface area (Å²) in [6, 6.07) is 5.83. The molecule has 178 valence electrons. The van der Waals surface area contributed by atoms with Crippen LogP contribution in [0.15, 0.2) is 30.4 Å². The number of carbonyl (C=O) groups is 2. The number of benzene rings is 1. The summed E-state index contributed by atoms with van der Waals surface area (Å²) >= 11 is 4.59. The van der Waals surface area contributed by atoms with Crippen molar-refractivity contribution < 1.29 is 29.3 Å². The van der Waals surface area contributed by atoms with Gasteiger partial charge < -0.3 is 19.7 Å². The highest BCUT2D eigenvalue weighted by Gasteiger charge is 2.39. The van der Waals surface area contributed by atoms with E-state index in [4.69, 9.17) is 4.74 Å². The van der Waals surface area contributed by atoms with Gasteiger partial charge in [0.15, 0.2) is 0 Å². The summed E-state index contributed by atoms with van der Waals surface area (Å²) in [6.45, 7) is 1.96. The average molecular weight is 465 g/mol. The van der Waals surface area contributed by atoms with Crippen LogP contribution in [0.5, 0.6) is 5.75 Å². The van der Waals surface area contributed by atoms with E-state index in [1.165, 1.54) is 7.11 Å². The number of aliphatic hydroxyl groups is 2. The maximum Gasteiger partial charge on any atom is 0.305 e. The molecule has 5 atom stereocenters. The average Bonchev–Trinajstić information content (AvgIpc) is 3.03. The maximum absolute atomic E-state index is 12.4. The van der Waals surface area contributed by atoms with Crippen molar-refractivity contribution in [2.75, 3.05) is 14.2 Å². The van der Waals surface area contributed by atoms with Gasteiger partial charge in [0, 0.05) is 36.3 Å². The van der Waals surface area contributed by atoms with E-state index < -0.39 is 12.2 Å². The zero-order valence-corrected chi connectivity index (χ0v) is 20.1. The first kappa shape index (κ1) is 26.4. The third-order valence-electron chi connectivity index (χ3n) is 6.16. The lowest BCUT2D eigenvalue weighted by molar-refractivity contribution is -0.140. The minimum atomic E-state index is -0.729. The van der Waals surface area contributed by atoms with Crippen molar-refractivity contribution >= 4 is 24.4 Å². The minimum absolute atomic E-state index is 0.0556. The molecule has 2 rings (SSSR count). The van der Waals surface area contributed by atoms with E-state index in [1.54, 1.807) is 19.3 Å². The molecule has 1 aliphatic carbocycles. The Hall–Kier alpha value is -1.83. The van der Waals surface area contributed by atoms with Gasteiger partial charge in [-0.2, -0.15) is 12.6 Å². The van der Waals surface area contributed by atoms with Crippen LogP contribution in [0, 0.1) is 18.8 Å². The van der Waals surface area contributed by atoms with Crippen LogP contribution in [-0.4, -0.2) is 53.6 Å². The van der Waals surface area contributed by atoms with Crippen LogP contribution in [0.3, 0.4) is 0 Å². The molecule has 1 aliphatic rings. The number of Topliss-reactive ketones (excluding diaryl/α,β-unsaturated/α-hetero) is 1. The Morgan fingerprint density at radius 3 is 2.75 bits per heavy atom. The number of aryl methyl sites for hydroxylation is 1. The van der Waals surface area contributed by atoms with Crippen molar-refractivity contribution in [2.24, 2.45) is 11.8 Å². The Morgan fingerprint density at radius 1 is 1.31 bits per heavy atom. The predicted octanol–water partition coefficient (Wildman–Crippen LogP) is 3.45. The van der Waals surface area contributed by atoms with Crippen LogP contribution in [0.4, 0.5) is 0 Å². The van der Waals surface area contributed by atoms with E-state index in [9.17, 15) is 19.8 Å². The number of methoxy groups -OCH3 is 2. The highest BCUT2D eigenvalue weighted by molar-refractivity contribution is 7.80. The summed E-state index contributed by atoms with van der Waals surface area (Å²) in [7, 11) is 3.00. The standard InChI is InChI=1S/C25H36O6S/c1-16-7-8-17(14-24(16)30-2)13-18(26)9-11-20-21(23(28)15-22(20)27)12-10-19(32)5-4-6-25(29)31-3/h7-9,11,14,18-22,26-27,32H,4-6,10,12-13,15H2,1-3H3/b11-9+/t18-,19?,20-,21-,22-/m1/s1. The minimum Gasteiger partial charge on any atom is -0.496 e. The van der Waals surface area contributed by atoms with Crippen LogP contribution in [0.1, 0.15) is 49.7 Å². The van der Waals surface area contributed by atoms with Gasteiger partial charge >= 0.3 is 5.97 Å². The van der Waals surface area contributed by atoms with Gasteiger partial charge in [-0.25, -0.2) is 0 Å². The lowest BCUT2D eigenvalue weighted by Crippen LogP contribution is -2.20. The molecule has 7 heteroatoms. The summed E-state index contributed by atoms with van der Waals surface area (Å²) < 4.78 is 9.98. The molecule has 0 aliphatic heterocycles. The molecule has 0 aromatic heterocycles. The second-order valence-corrected chi connectivity index (χ2v) is 9.31. The molecule has 0 heterocycles. The number of esters is 1. The number of hydrogen-bond acceptors (Lipinski definition) is 7. The molecule has 1 aromatic carbocycles. The zero-order valence-electron chi connectivity index (χ0n) is 19.2. The van der Waals surface area contributed by atoms with Crippen LogP contribution < -0.4 is 4.74 Å². The van der Waals surface area contributed by atoms with Crippen molar-refractivity contribution in [3.63, 3.8) is 0 Å². The molecular formula is C25H36O6S. The highest BCUT2D eigenvalue weighted by Crippen LogP contribution is 2.35. The number of rotatable bonds is 12. The first-order chi connectivity index (χ1) is 15.2. The van der Waals surface area contributed by atoms with Crippen LogP contribution >= 0.6 is 12.6 Å². The Morgan fingerprint density at radius 2 is 2.06 bits per heavy atom. The van der Waals surface area contributed by atoms with Crippen molar-refractivity contribution in [3.05, 3.63) is 41.5 Å². The predicted molar refractivity (Wildman–Crippen MR) is 127 cm³/mol. The fourth-order valence-electron chi connectivity index (χ4n) is 4.25. The largest absolute Gasteiger partial charge is 0.496 e. The van der Waals surface area contributed by atoms with Gasteiger partial charge in [-0.15, -0.1) is 0 Å². The van der Waals surface area contributed by atoms with Crippen LogP contribution in [0.2, 0.25) is 0 Å². The summed E-state index contributed by atoms with van der Waals surface area (Å²) in [5.74, 6) is 0.0272. The van der Waals surface area contributed by atoms with Gasteiger partial charge in [0.05, 0.1) is 26.4 Å². The molecule has 1 fully saturated rings. The first-order valence-electron chi connectivity index (χ1n) is 11.2. The molecule has 32 heavy (non-hydrogen) atoms. The SMILES string of the molecule is COC(=O)CCCC(S)CC[C@H]1C(=O)C[C@@H](O)[C@@H]1/C=C/[C@@H](O)Cc1ccc(C)c(OC)c1. The highest BCUT2D eigenvalue weighted by atomic mass is 32.1. The molecule has 1 unspecified atom stereocenters. The van der Waals surface area contributed by atoms with Gasteiger partial charge in [-0.3, -0.25) is 9.59 Å². The third-order valence-corrected chi connectivity index (χ3v) is 6.68. The van der Waals surface area contributed by atoms with Crippen molar-refractivity contribution in [3.8, 4) is 5.75 Å². The van der Waals surface area contributed by atoms with Gasteiger partial charge in [0.25, 0.3) is 0 Å². The summed E-state index contributed by atoms with van der Waals surface area (Å²) in [5.41, 5.74) is 1.98. The second kappa shape index (κ2) is 13.0. The number of thiol groups is 1. The van der Waals surface area contributed by atoms with E-state index in [0.717, 1.165) is 29.7 Å². The van der Waals surface area contributed by atoms with Crippen molar-refractivity contribution in [1.82, 2.24) is 0 Å². The summed E-state index contributed by atoms with van der Waals surface area (Å²) in [5, 5.41) is 20.9. The molecule has 1 aromatic rings. The number of ether oxygens (including phenoxy) is 2. The summed E-state index contributed by atoms with van der Waals surface area (Å²) in [6.07, 6.45) is 5.77. The van der Waals surface area contributed by atoms with Crippen molar-refractivity contribution in [2.45, 2.75) is 69.3 Å².